The third-order valence-electron chi connectivity index (χ3n) is 11.0. The molecule has 2 aliphatic carbocycles. The van der Waals surface area contributed by atoms with Crippen molar-refractivity contribution in [1.82, 2.24) is 4.90 Å². The molecule has 2 aliphatic heterocycles. The van der Waals surface area contributed by atoms with Gasteiger partial charge in [-0.05, 0) is 60.6 Å². The minimum Gasteiger partial charge on any atom is -0.507 e. The molecular formula is C40H33ClN2O5. The number of benzene rings is 4. The number of hydrogen-bond acceptors (Lipinski definition) is 5. The molecule has 8 heteroatoms. The molecule has 4 amide bonds. The zero-order valence-electron chi connectivity index (χ0n) is 26.3. The van der Waals surface area contributed by atoms with Crippen molar-refractivity contribution in [3.63, 3.8) is 0 Å². The average Bonchev–Trinajstić information content (AvgIpc) is 3.47. The molecule has 6 atom stereocenters. The molecule has 4 aromatic carbocycles. The zero-order valence-corrected chi connectivity index (χ0v) is 27.0. The van der Waals surface area contributed by atoms with E-state index in [1.165, 1.54) is 9.80 Å². The third kappa shape index (κ3) is 4.26. The van der Waals surface area contributed by atoms with Crippen LogP contribution in [0.4, 0.5) is 5.69 Å². The Hall–Kier alpha value is -5.01. The Balaban J connectivity index is 1.34. The van der Waals surface area contributed by atoms with Crippen molar-refractivity contribution in [2.24, 2.45) is 23.7 Å². The van der Waals surface area contributed by atoms with E-state index in [4.69, 9.17) is 11.6 Å². The van der Waals surface area contributed by atoms with Gasteiger partial charge in [0.15, 0.2) is 0 Å². The highest BCUT2D eigenvalue weighted by molar-refractivity contribution is 6.32. The van der Waals surface area contributed by atoms with Gasteiger partial charge in [-0.1, -0.05) is 108 Å². The van der Waals surface area contributed by atoms with Crippen molar-refractivity contribution in [1.29, 1.82) is 0 Å². The number of para-hydroxylation sites is 1. The van der Waals surface area contributed by atoms with E-state index < -0.39 is 40.9 Å². The number of rotatable bonds is 5. The molecule has 4 aliphatic rings. The molecule has 0 radical (unpaired) electrons. The Kier molecular flexibility index (Phi) is 7.15. The van der Waals surface area contributed by atoms with Crippen molar-refractivity contribution in [3.05, 3.63) is 142 Å². The number of imide groups is 2. The number of phenolic OH excluding ortho intramolecular Hbond substituents is 1. The summed E-state index contributed by atoms with van der Waals surface area (Å²) in [6.07, 6.45) is 2.53. The number of hydrogen-bond donors (Lipinski definition) is 1. The lowest BCUT2D eigenvalue weighted by atomic mass is 9.49. The monoisotopic (exact) mass is 656 g/mol. The van der Waals surface area contributed by atoms with Crippen LogP contribution in [-0.2, 0) is 31.1 Å². The molecular weight excluding hydrogens is 624 g/mol. The second-order valence-electron chi connectivity index (χ2n) is 13.4. The molecule has 4 aromatic rings. The van der Waals surface area contributed by atoms with Gasteiger partial charge in [-0.15, -0.1) is 0 Å². The first-order chi connectivity index (χ1) is 23.2. The minimum absolute atomic E-state index is 0.0428. The van der Waals surface area contributed by atoms with Gasteiger partial charge in [0.25, 0.3) is 0 Å². The first-order valence-corrected chi connectivity index (χ1v) is 16.7. The van der Waals surface area contributed by atoms with Crippen LogP contribution < -0.4 is 4.90 Å². The number of fused-ring (bicyclic) bond motifs is 4. The molecule has 0 spiro atoms. The van der Waals surface area contributed by atoms with E-state index >= 15 is 4.79 Å². The van der Waals surface area contributed by atoms with E-state index in [2.05, 4.69) is 0 Å². The highest BCUT2D eigenvalue weighted by Gasteiger charge is 2.70. The van der Waals surface area contributed by atoms with Crippen molar-refractivity contribution in [2.75, 3.05) is 4.90 Å². The van der Waals surface area contributed by atoms with Crippen LogP contribution in [0.5, 0.6) is 5.75 Å². The highest BCUT2D eigenvalue weighted by Crippen LogP contribution is 2.65. The minimum atomic E-state index is -1.43. The predicted octanol–water partition coefficient (Wildman–Crippen LogP) is 6.72. The number of anilines is 1. The lowest BCUT2D eigenvalue weighted by Gasteiger charge is -2.50. The Morgan fingerprint density at radius 1 is 0.812 bits per heavy atom. The summed E-state index contributed by atoms with van der Waals surface area (Å²) in [5.41, 5.74) is 2.41. The Labute approximate surface area is 283 Å². The molecule has 1 N–H and O–H groups in total. The smallest absolute Gasteiger partial charge is 0.246 e. The third-order valence-corrected chi connectivity index (χ3v) is 11.3. The number of amides is 4. The lowest BCUT2D eigenvalue weighted by molar-refractivity contribution is -0.141. The molecule has 8 rings (SSSR count). The fourth-order valence-electron chi connectivity index (χ4n) is 8.99. The summed E-state index contributed by atoms with van der Waals surface area (Å²) in [4.78, 5) is 60.9. The fourth-order valence-corrected chi connectivity index (χ4v) is 9.17. The molecule has 0 bridgehead atoms. The van der Waals surface area contributed by atoms with Gasteiger partial charge in [0.2, 0.25) is 23.6 Å². The molecule has 6 unspecified atom stereocenters. The topological polar surface area (TPSA) is 95.0 Å². The van der Waals surface area contributed by atoms with Crippen LogP contribution in [0.1, 0.15) is 41.0 Å². The summed E-state index contributed by atoms with van der Waals surface area (Å²) < 4.78 is 0. The second-order valence-corrected chi connectivity index (χ2v) is 13.8. The molecule has 0 aromatic heterocycles. The van der Waals surface area contributed by atoms with E-state index in [9.17, 15) is 19.5 Å². The Morgan fingerprint density at radius 2 is 1.52 bits per heavy atom. The number of aromatic hydroxyl groups is 1. The molecule has 240 valence electrons. The van der Waals surface area contributed by atoms with E-state index in [1.807, 2.05) is 78.9 Å². The summed E-state index contributed by atoms with van der Waals surface area (Å²) in [5.74, 6) is -4.64. The Bertz CT molecular complexity index is 2030. The summed E-state index contributed by atoms with van der Waals surface area (Å²) in [6.45, 7) is 1.98. The summed E-state index contributed by atoms with van der Waals surface area (Å²) in [6, 6.07) is 30.9. The number of phenols is 1. The first kappa shape index (κ1) is 30.3. The van der Waals surface area contributed by atoms with E-state index in [1.54, 1.807) is 37.3 Å². The Morgan fingerprint density at radius 3 is 2.25 bits per heavy atom. The number of aryl methyl sites for hydroxylation is 1. The number of likely N-dealkylation sites (tertiary alicyclic amines) is 1. The van der Waals surface area contributed by atoms with E-state index in [0.717, 1.165) is 11.1 Å². The van der Waals surface area contributed by atoms with Gasteiger partial charge in [0.05, 0.1) is 35.4 Å². The van der Waals surface area contributed by atoms with Crippen LogP contribution in [0, 0.1) is 30.6 Å². The normalized spacial score (nSPS) is 27.9. The van der Waals surface area contributed by atoms with Crippen LogP contribution in [0.2, 0.25) is 5.02 Å². The van der Waals surface area contributed by atoms with Crippen LogP contribution in [0.3, 0.4) is 0 Å². The maximum Gasteiger partial charge on any atom is 0.246 e. The second kappa shape index (κ2) is 11.3. The predicted molar refractivity (Wildman–Crippen MR) is 181 cm³/mol. The molecule has 48 heavy (non-hydrogen) atoms. The summed E-state index contributed by atoms with van der Waals surface area (Å²) >= 11 is 6.38. The van der Waals surface area contributed by atoms with E-state index in [-0.39, 0.29) is 36.4 Å². The molecule has 2 saturated heterocycles. The number of halogens is 1. The van der Waals surface area contributed by atoms with Crippen LogP contribution >= 0.6 is 11.6 Å². The summed E-state index contributed by atoms with van der Waals surface area (Å²) in [7, 11) is 0. The van der Waals surface area contributed by atoms with Gasteiger partial charge in [-0.25, -0.2) is 4.90 Å². The molecule has 1 saturated carbocycles. The SMILES string of the molecule is Cc1cccc(C2C3=CCC4C(=O)N(Cc5ccccc5)C(=O)C4C3CC3C(=O)N(c4cccc(Cl)c4)C(=O)C32c2ccccc2)c1O. The maximum absolute atomic E-state index is 15.3. The molecule has 3 fully saturated rings. The van der Waals surface area contributed by atoms with Crippen molar-refractivity contribution < 1.29 is 24.3 Å². The van der Waals surface area contributed by atoms with Gasteiger partial charge >= 0.3 is 0 Å². The van der Waals surface area contributed by atoms with Gasteiger partial charge in [-0.3, -0.25) is 24.1 Å². The van der Waals surface area contributed by atoms with Crippen LogP contribution in [0.25, 0.3) is 0 Å². The summed E-state index contributed by atoms with van der Waals surface area (Å²) in [5, 5.41) is 12.1. The number of carbonyl (C=O) groups excluding carboxylic acids is 4. The van der Waals surface area contributed by atoms with Crippen molar-refractivity contribution >= 4 is 40.9 Å². The number of carbonyl (C=O) groups is 4. The largest absolute Gasteiger partial charge is 0.507 e. The highest BCUT2D eigenvalue weighted by atomic mass is 35.5. The van der Waals surface area contributed by atoms with Gasteiger partial charge in [0, 0.05) is 16.5 Å². The average molecular weight is 657 g/mol. The van der Waals surface area contributed by atoms with Crippen LogP contribution in [-0.4, -0.2) is 33.6 Å². The van der Waals surface area contributed by atoms with Gasteiger partial charge in [0.1, 0.15) is 5.75 Å². The molecule has 2 heterocycles. The van der Waals surface area contributed by atoms with E-state index in [0.29, 0.717) is 33.8 Å². The van der Waals surface area contributed by atoms with Crippen molar-refractivity contribution in [2.45, 2.75) is 37.6 Å². The lowest BCUT2D eigenvalue weighted by Crippen LogP contribution is -2.53. The standard InChI is InChI=1S/C40H33ClN2O5/c1-23-10-8-17-30(35(23)44)34-28-18-19-29-33(38(47)42(36(29)45)22-24-11-4-2-5-12-24)31(28)21-32-37(46)43(27-16-9-15-26(41)20-27)39(48)40(32,34)25-13-6-3-7-14-25/h2-18,20,29,31-34,44H,19,21-22H2,1H3. The zero-order chi connectivity index (χ0) is 33.3. The van der Waals surface area contributed by atoms with Crippen LogP contribution in [0.15, 0.2) is 115 Å². The maximum atomic E-state index is 15.3. The van der Waals surface area contributed by atoms with Gasteiger partial charge in [-0.2, -0.15) is 0 Å². The quantitative estimate of drug-likeness (QED) is 0.190. The fraction of sp³-hybridized carbons (Fsp3) is 0.250. The molecule has 7 nitrogen and oxygen atoms in total. The number of allylic oxidation sites excluding steroid dienone is 2. The first-order valence-electron chi connectivity index (χ1n) is 16.3. The van der Waals surface area contributed by atoms with Crippen molar-refractivity contribution in [3.8, 4) is 5.75 Å². The van der Waals surface area contributed by atoms with Gasteiger partial charge < -0.3 is 5.11 Å². The number of nitrogens with zero attached hydrogens (tertiary/aromatic N) is 2.